The molecule has 0 atom stereocenters. The number of non-ortho nitro benzene ring substituents is 1. The van der Waals surface area contributed by atoms with Crippen LogP contribution in [0.4, 0.5) is 11.4 Å². The van der Waals surface area contributed by atoms with Crippen molar-refractivity contribution in [3.8, 4) is 0 Å². The second-order valence-corrected chi connectivity index (χ2v) is 6.66. The number of nitrogens with zero attached hydrogens (tertiary/aromatic N) is 1. The van der Waals surface area contributed by atoms with E-state index < -0.39 is 23.4 Å². The Morgan fingerprint density at radius 3 is 2.72 bits per heavy atom. The van der Waals surface area contributed by atoms with Crippen molar-refractivity contribution in [3.05, 3.63) is 68.9 Å². The summed E-state index contributed by atoms with van der Waals surface area (Å²) >= 11 is 5.91. The highest BCUT2D eigenvalue weighted by Gasteiger charge is 2.15. The van der Waals surface area contributed by atoms with Gasteiger partial charge >= 0.3 is 5.97 Å². The summed E-state index contributed by atoms with van der Waals surface area (Å²) in [5.41, 5.74) is 2.48. The standard InChI is InChI=1S/C20H17ClN2O6/c1-2-12-3-5-15-13(10-28-18(15)7-12)8-20(25)29-11-19(24)22-17-6-4-14(23(26)27)9-16(17)21/h3-7,9-10H,2,8,11H2,1H3,(H,22,24). The molecule has 1 N–H and O–H groups in total. The number of amides is 1. The zero-order valence-electron chi connectivity index (χ0n) is 15.4. The molecule has 0 fully saturated rings. The molecule has 0 aliphatic heterocycles. The number of carbonyl (C=O) groups excluding carboxylic acids is 2. The van der Waals surface area contributed by atoms with Crippen molar-refractivity contribution in [2.75, 3.05) is 11.9 Å². The van der Waals surface area contributed by atoms with E-state index in [1.165, 1.54) is 18.4 Å². The maximum Gasteiger partial charge on any atom is 0.310 e. The lowest BCUT2D eigenvalue weighted by Gasteiger charge is -2.08. The number of anilines is 1. The van der Waals surface area contributed by atoms with Crippen LogP contribution in [0.2, 0.25) is 5.02 Å². The monoisotopic (exact) mass is 416 g/mol. The fourth-order valence-corrected chi connectivity index (χ4v) is 2.96. The maximum absolute atomic E-state index is 12.1. The lowest BCUT2D eigenvalue weighted by Crippen LogP contribution is -2.21. The second-order valence-electron chi connectivity index (χ2n) is 6.25. The Bertz CT molecular complexity index is 1090. The van der Waals surface area contributed by atoms with Gasteiger partial charge in [0.25, 0.3) is 11.6 Å². The summed E-state index contributed by atoms with van der Waals surface area (Å²) in [4.78, 5) is 34.2. The zero-order valence-corrected chi connectivity index (χ0v) is 16.2. The molecule has 150 valence electrons. The number of nitro groups is 1. The lowest BCUT2D eigenvalue weighted by atomic mass is 10.1. The third-order valence-electron chi connectivity index (χ3n) is 4.26. The van der Waals surface area contributed by atoms with Gasteiger partial charge in [0.05, 0.1) is 28.3 Å². The van der Waals surface area contributed by atoms with Gasteiger partial charge in [-0.3, -0.25) is 19.7 Å². The van der Waals surface area contributed by atoms with Gasteiger partial charge in [-0.2, -0.15) is 0 Å². The molecule has 0 aliphatic rings. The molecule has 0 radical (unpaired) electrons. The van der Waals surface area contributed by atoms with Crippen LogP contribution in [0.25, 0.3) is 11.0 Å². The van der Waals surface area contributed by atoms with Gasteiger partial charge in [-0.25, -0.2) is 0 Å². The van der Waals surface area contributed by atoms with Crippen LogP contribution in [0.3, 0.4) is 0 Å². The Labute approximate surface area is 170 Å². The average Bonchev–Trinajstić information content (AvgIpc) is 3.09. The van der Waals surface area contributed by atoms with Gasteiger partial charge in [-0.15, -0.1) is 0 Å². The van der Waals surface area contributed by atoms with Crippen LogP contribution in [0.1, 0.15) is 18.1 Å². The van der Waals surface area contributed by atoms with E-state index in [0.29, 0.717) is 11.1 Å². The number of esters is 1. The van der Waals surface area contributed by atoms with Crippen LogP contribution < -0.4 is 5.32 Å². The van der Waals surface area contributed by atoms with Gasteiger partial charge in [0.1, 0.15) is 5.58 Å². The van der Waals surface area contributed by atoms with Crippen molar-refractivity contribution in [1.82, 2.24) is 0 Å². The first-order valence-corrected chi connectivity index (χ1v) is 9.13. The minimum Gasteiger partial charge on any atom is -0.464 e. The molecule has 0 saturated heterocycles. The van der Waals surface area contributed by atoms with Gasteiger partial charge in [0.2, 0.25) is 0 Å². The highest BCUT2D eigenvalue weighted by atomic mass is 35.5. The maximum atomic E-state index is 12.1. The molecule has 29 heavy (non-hydrogen) atoms. The molecule has 1 heterocycles. The molecule has 3 rings (SSSR count). The summed E-state index contributed by atoms with van der Waals surface area (Å²) in [6.45, 7) is 1.53. The predicted molar refractivity (Wildman–Crippen MR) is 107 cm³/mol. The Kier molecular flexibility index (Phi) is 6.13. The van der Waals surface area contributed by atoms with Gasteiger partial charge in [0.15, 0.2) is 6.61 Å². The first-order chi connectivity index (χ1) is 13.9. The Balaban J connectivity index is 1.55. The summed E-state index contributed by atoms with van der Waals surface area (Å²) < 4.78 is 10.5. The molecule has 3 aromatic rings. The topological polar surface area (TPSA) is 112 Å². The number of rotatable bonds is 7. The van der Waals surface area contributed by atoms with Crippen LogP contribution >= 0.6 is 11.6 Å². The molecule has 2 aromatic carbocycles. The predicted octanol–water partition coefficient (Wildman–Crippen LogP) is 4.28. The van der Waals surface area contributed by atoms with Gasteiger partial charge in [-0.1, -0.05) is 30.7 Å². The number of carbonyl (C=O) groups is 2. The quantitative estimate of drug-likeness (QED) is 0.349. The number of aryl methyl sites for hydroxylation is 1. The normalized spacial score (nSPS) is 10.7. The number of hydrogen-bond acceptors (Lipinski definition) is 6. The van der Waals surface area contributed by atoms with Crippen LogP contribution in [0, 0.1) is 10.1 Å². The SMILES string of the molecule is CCc1ccc2c(CC(=O)OCC(=O)Nc3ccc([N+](=O)[O-])cc3Cl)coc2c1. The summed E-state index contributed by atoms with van der Waals surface area (Å²) in [5.74, 6) is -1.20. The molecule has 1 amide bonds. The number of furan rings is 1. The van der Waals surface area contributed by atoms with Gasteiger partial charge in [0, 0.05) is 23.1 Å². The third kappa shape index (κ3) is 4.91. The number of fused-ring (bicyclic) bond motifs is 1. The number of hydrogen-bond donors (Lipinski definition) is 1. The Morgan fingerprint density at radius 1 is 1.24 bits per heavy atom. The van der Waals surface area contributed by atoms with Crippen molar-refractivity contribution in [1.29, 1.82) is 0 Å². The molecular formula is C20H17ClN2O6. The molecule has 1 aromatic heterocycles. The lowest BCUT2D eigenvalue weighted by molar-refractivity contribution is -0.384. The van der Waals surface area contributed by atoms with E-state index >= 15 is 0 Å². The van der Waals surface area contributed by atoms with Crippen LogP contribution in [0.15, 0.2) is 47.1 Å². The van der Waals surface area contributed by atoms with Gasteiger partial charge < -0.3 is 14.5 Å². The number of nitrogens with one attached hydrogen (secondary N) is 1. The van der Waals surface area contributed by atoms with Crippen LogP contribution in [-0.2, 0) is 27.2 Å². The summed E-state index contributed by atoms with van der Waals surface area (Å²) in [6, 6.07) is 9.42. The fraction of sp³-hybridized carbons (Fsp3) is 0.200. The van der Waals surface area contributed by atoms with E-state index in [0.717, 1.165) is 23.4 Å². The van der Waals surface area contributed by atoms with E-state index in [4.69, 9.17) is 20.8 Å². The molecular weight excluding hydrogens is 400 g/mol. The van der Waals surface area contributed by atoms with Crippen molar-refractivity contribution < 1.29 is 23.7 Å². The van der Waals surface area contributed by atoms with Crippen molar-refractivity contribution >= 4 is 45.8 Å². The molecule has 0 spiro atoms. The van der Waals surface area contributed by atoms with E-state index in [9.17, 15) is 19.7 Å². The average molecular weight is 417 g/mol. The van der Waals surface area contributed by atoms with E-state index in [2.05, 4.69) is 5.32 Å². The molecule has 9 heteroatoms. The van der Waals surface area contributed by atoms with Crippen LogP contribution in [-0.4, -0.2) is 23.4 Å². The largest absolute Gasteiger partial charge is 0.464 e. The number of halogens is 1. The van der Waals surface area contributed by atoms with E-state index in [1.54, 1.807) is 0 Å². The second kappa shape index (κ2) is 8.74. The number of nitro benzene ring substituents is 1. The Hall–Kier alpha value is -3.39. The third-order valence-corrected chi connectivity index (χ3v) is 4.58. The van der Waals surface area contributed by atoms with Crippen molar-refractivity contribution in [2.24, 2.45) is 0 Å². The molecule has 0 unspecified atom stereocenters. The highest BCUT2D eigenvalue weighted by molar-refractivity contribution is 6.34. The van der Waals surface area contributed by atoms with E-state index in [-0.39, 0.29) is 22.8 Å². The fourth-order valence-electron chi connectivity index (χ4n) is 2.74. The number of ether oxygens (including phenoxy) is 1. The highest BCUT2D eigenvalue weighted by Crippen LogP contribution is 2.26. The number of benzene rings is 2. The summed E-state index contributed by atoms with van der Waals surface area (Å²) in [7, 11) is 0. The molecule has 0 bridgehead atoms. The minimum atomic E-state index is -0.612. The van der Waals surface area contributed by atoms with Crippen LogP contribution in [0.5, 0.6) is 0 Å². The van der Waals surface area contributed by atoms with Crippen molar-refractivity contribution in [3.63, 3.8) is 0 Å². The molecule has 0 saturated carbocycles. The molecule has 0 aliphatic carbocycles. The summed E-state index contributed by atoms with van der Waals surface area (Å²) in [5, 5.41) is 14.0. The Morgan fingerprint density at radius 2 is 2.03 bits per heavy atom. The molecule has 8 nitrogen and oxygen atoms in total. The smallest absolute Gasteiger partial charge is 0.310 e. The van der Waals surface area contributed by atoms with Crippen molar-refractivity contribution in [2.45, 2.75) is 19.8 Å². The summed E-state index contributed by atoms with van der Waals surface area (Å²) in [6.07, 6.45) is 2.34. The van der Waals surface area contributed by atoms with Gasteiger partial charge in [-0.05, 0) is 24.1 Å². The first-order valence-electron chi connectivity index (χ1n) is 8.75. The minimum absolute atomic E-state index is 0.00944. The van der Waals surface area contributed by atoms with E-state index in [1.807, 2.05) is 25.1 Å². The zero-order chi connectivity index (χ0) is 21.0. The first kappa shape index (κ1) is 20.3.